The second-order valence-electron chi connectivity index (χ2n) is 7.73. The maximum atomic E-state index is 5.52. The van der Waals surface area contributed by atoms with Gasteiger partial charge in [0.25, 0.3) is 0 Å². The highest BCUT2D eigenvalue weighted by atomic mass is 32.1. The first kappa shape index (κ1) is 17.7. The number of nitrogens with one attached hydrogen (secondary N) is 1. The van der Waals surface area contributed by atoms with Gasteiger partial charge in [0.2, 0.25) is 6.79 Å². The Bertz CT molecular complexity index is 1240. The number of thiophene rings is 1. The normalized spacial score (nSPS) is 14.3. The largest absolute Gasteiger partial charge is 0.454 e. The first-order valence-electron chi connectivity index (χ1n) is 10.3. The smallest absolute Gasteiger partial charge is 0.231 e. The van der Waals surface area contributed by atoms with Gasteiger partial charge in [0.15, 0.2) is 11.5 Å². The summed E-state index contributed by atoms with van der Waals surface area (Å²) in [6.07, 6.45) is 4.24. The average molecular weight is 416 g/mol. The van der Waals surface area contributed by atoms with Crippen LogP contribution in [0.2, 0.25) is 0 Å². The molecule has 1 N–H and O–H groups in total. The minimum atomic E-state index is 0.294. The van der Waals surface area contributed by atoms with Crippen LogP contribution in [0.25, 0.3) is 10.2 Å². The van der Waals surface area contributed by atoms with Gasteiger partial charge in [-0.15, -0.1) is 11.3 Å². The lowest BCUT2D eigenvalue weighted by Gasteiger charge is -2.11. The number of hydrogen-bond donors (Lipinski definition) is 1. The van der Waals surface area contributed by atoms with Gasteiger partial charge in [-0.3, -0.25) is 0 Å². The van der Waals surface area contributed by atoms with Crippen LogP contribution >= 0.6 is 11.3 Å². The number of benzene rings is 2. The molecule has 2 aromatic carbocycles. The zero-order valence-electron chi connectivity index (χ0n) is 16.5. The highest BCUT2D eigenvalue weighted by molar-refractivity contribution is 7.19. The number of nitrogens with zero attached hydrogens (tertiary/aromatic N) is 2. The third kappa shape index (κ3) is 3.17. The second kappa shape index (κ2) is 7.29. The van der Waals surface area contributed by atoms with Crippen molar-refractivity contribution in [2.75, 3.05) is 12.1 Å². The molecule has 0 fully saturated rings. The van der Waals surface area contributed by atoms with Crippen molar-refractivity contribution < 1.29 is 9.47 Å². The highest BCUT2D eigenvalue weighted by Gasteiger charge is 2.22. The average Bonchev–Trinajstić information content (AvgIpc) is 3.48. The molecular weight excluding hydrogens is 394 g/mol. The Morgan fingerprint density at radius 1 is 0.933 bits per heavy atom. The predicted molar refractivity (Wildman–Crippen MR) is 119 cm³/mol. The van der Waals surface area contributed by atoms with Crippen molar-refractivity contribution in [2.45, 2.75) is 32.2 Å². The zero-order chi connectivity index (χ0) is 19.9. The van der Waals surface area contributed by atoms with Crippen LogP contribution in [0.3, 0.4) is 0 Å². The van der Waals surface area contributed by atoms with Gasteiger partial charge in [0, 0.05) is 17.8 Å². The van der Waals surface area contributed by atoms with Gasteiger partial charge in [0.05, 0.1) is 5.39 Å². The summed E-state index contributed by atoms with van der Waals surface area (Å²) in [5.74, 6) is 3.43. The highest BCUT2D eigenvalue weighted by Crippen LogP contribution is 2.40. The predicted octanol–water partition coefficient (Wildman–Crippen LogP) is 5.11. The quantitative estimate of drug-likeness (QED) is 0.491. The van der Waals surface area contributed by atoms with Crippen molar-refractivity contribution in [1.29, 1.82) is 0 Å². The monoisotopic (exact) mass is 415 g/mol. The third-order valence-corrected chi connectivity index (χ3v) is 6.90. The SMILES string of the molecule is c1ccc(Cc2nc(NCc3ccc4c(c3)OCO4)c3c4c(sc3n2)CCC4)cc1. The van der Waals surface area contributed by atoms with Crippen LogP contribution in [0.5, 0.6) is 11.5 Å². The summed E-state index contributed by atoms with van der Waals surface area (Å²) in [5.41, 5.74) is 3.81. The molecule has 2 aromatic heterocycles. The summed E-state index contributed by atoms with van der Waals surface area (Å²) in [7, 11) is 0. The Labute approximate surface area is 178 Å². The zero-order valence-corrected chi connectivity index (χ0v) is 17.3. The third-order valence-electron chi connectivity index (χ3n) is 5.71. The fourth-order valence-corrected chi connectivity index (χ4v) is 5.54. The maximum Gasteiger partial charge on any atom is 0.231 e. The van der Waals surface area contributed by atoms with Crippen LogP contribution in [0.4, 0.5) is 5.82 Å². The van der Waals surface area contributed by atoms with E-state index < -0.39 is 0 Å². The van der Waals surface area contributed by atoms with Crippen molar-refractivity contribution in [2.24, 2.45) is 0 Å². The summed E-state index contributed by atoms with van der Waals surface area (Å²) in [4.78, 5) is 12.5. The molecule has 3 heterocycles. The fraction of sp³-hybridized carbons (Fsp3) is 0.250. The molecule has 1 aliphatic heterocycles. The molecule has 6 rings (SSSR count). The van der Waals surface area contributed by atoms with Gasteiger partial charge >= 0.3 is 0 Å². The molecule has 5 nitrogen and oxygen atoms in total. The molecule has 0 saturated heterocycles. The minimum absolute atomic E-state index is 0.294. The topological polar surface area (TPSA) is 56.3 Å². The van der Waals surface area contributed by atoms with E-state index in [-0.39, 0.29) is 0 Å². The number of rotatable bonds is 5. The molecule has 0 spiro atoms. The lowest BCUT2D eigenvalue weighted by molar-refractivity contribution is 0.174. The lowest BCUT2D eigenvalue weighted by Crippen LogP contribution is -2.06. The molecule has 1 aliphatic carbocycles. The Morgan fingerprint density at radius 2 is 1.83 bits per heavy atom. The molecule has 0 atom stereocenters. The van der Waals surface area contributed by atoms with E-state index in [9.17, 15) is 0 Å². The Kier molecular flexibility index (Phi) is 4.30. The van der Waals surface area contributed by atoms with E-state index in [0.717, 1.165) is 52.8 Å². The van der Waals surface area contributed by atoms with E-state index in [1.54, 1.807) is 0 Å². The second-order valence-corrected chi connectivity index (χ2v) is 8.81. The van der Waals surface area contributed by atoms with Gasteiger partial charge in [0.1, 0.15) is 16.5 Å². The van der Waals surface area contributed by atoms with E-state index in [4.69, 9.17) is 19.4 Å². The molecule has 0 amide bonds. The van der Waals surface area contributed by atoms with Crippen LogP contribution in [-0.2, 0) is 25.8 Å². The van der Waals surface area contributed by atoms with Crippen molar-refractivity contribution in [3.63, 3.8) is 0 Å². The Balaban J connectivity index is 1.35. The number of ether oxygens (including phenoxy) is 2. The number of aromatic nitrogens is 2. The van der Waals surface area contributed by atoms with Crippen molar-refractivity contribution >= 4 is 27.4 Å². The van der Waals surface area contributed by atoms with Crippen LogP contribution in [0.15, 0.2) is 48.5 Å². The van der Waals surface area contributed by atoms with Gasteiger partial charge in [-0.1, -0.05) is 36.4 Å². The summed E-state index contributed by atoms with van der Waals surface area (Å²) in [5, 5.41) is 4.81. The van der Waals surface area contributed by atoms with Crippen molar-refractivity contribution in [3.8, 4) is 11.5 Å². The van der Waals surface area contributed by atoms with Gasteiger partial charge in [-0.2, -0.15) is 0 Å². The first-order valence-corrected chi connectivity index (χ1v) is 11.1. The minimum Gasteiger partial charge on any atom is -0.454 e. The molecule has 0 unspecified atom stereocenters. The molecule has 6 heteroatoms. The van der Waals surface area contributed by atoms with Crippen molar-refractivity contribution in [3.05, 3.63) is 75.9 Å². The van der Waals surface area contributed by atoms with Crippen LogP contribution in [-0.4, -0.2) is 16.8 Å². The number of anilines is 1. The summed E-state index contributed by atoms with van der Waals surface area (Å²) in [6.45, 7) is 0.973. The molecule has 0 bridgehead atoms. The fourth-order valence-electron chi connectivity index (χ4n) is 4.26. The molecule has 30 heavy (non-hydrogen) atoms. The van der Waals surface area contributed by atoms with Gasteiger partial charge < -0.3 is 14.8 Å². The molecule has 150 valence electrons. The van der Waals surface area contributed by atoms with Crippen LogP contribution in [0.1, 0.15) is 33.8 Å². The first-order chi connectivity index (χ1) is 14.8. The summed E-state index contributed by atoms with van der Waals surface area (Å²) in [6, 6.07) is 16.5. The summed E-state index contributed by atoms with van der Waals surface area (Å²) < 4.78 is 10.9. The van der Waals surface area contributed by atoms with Crippen LogP contribution < -0.4 is 14.8 Å². The van der Waals surface area contributed by atoms with Crippen LogP contribution in [0, 0.1) is 0 Å². The van der Waals surface area contributed by atoms with Crippen molar-refractivity contribution in [1.82, 2.24) is 9.97 Å². The number of hydrogen-bond acceptors (Lipinski definition) is 6. The van der Waals surface area contributed by atoms with E-state index in [0.29, 0.717) is 13.3 Å². The molecular formula is C24H21N3O2S. The van der Waals surface area contributed by atoms with E-state index in [1.165, 1.54) is 27.8 Å². The summed E-state index contributed by atoms with van der Waals surface area (Å²) >= 11 is 1.84. The molecule has 0 radical (unpaired) electrons. The lowest BCUT2D eigenvalue weighted by atomic mass is 10.1. The standard InChI is InChI=1S/C24H21N3O2S/c1-2-5-15(6-3-1)12-21-26-23(22-17-7-4-8-20(17)30-24(22)27-21)25-13-16-9-10-18-19(11-16)29-14-28-18/h1-3,5-6,9-11H,4,7-8,12-14H2,(H,25,26,27). The molecule has 2 aliphatic rings. The maximum absolute atomic E-state index is 5.52. The number of fused-ring (bicyclic) bond motifs is 4. The van der Waals surface area contributed by atoms with Gasteiger partial charge in [-0.05, 0) is 48.1 Å². The van der Waals surface area contributed by atoms with E-state index in [2.05, 4.69) is 35.6 Å². The molecule has 4 aromatic rings. The van der Waals surface area contributed by atoms with E-state index >= 15 is 0 Å². The van der Waals surface area contributed by atoms with E-state index in [1.807, 2.05) is 29.5 Å². The molecule has 0 saturated carbocycles. The Hall–Kier alpha value is -3.12. The Morgan fingerprint density at radius 3 is 2.77 bits per heavy atom. The number of aryl methyl sites for hydroxylation is 2. The van der Waals surface area contributed by atoms with Gasteiger partial charge in [-0.25, -0.2) is 9.97 Å².